The lowest BCUT2D eigenvalue weighted by Crippen LogP contribution is -2.63. The fraction of sp³-hybridized carbons (Fsp3) is 0.333. The molecule has 2 atom stereocenters. The number of methoxy groups -OCH3 is 1. The van der Waals surface area contributed by atoms with Crippen molar-refractivity contribution in [2.75, 3.05) is 26.8 Å². The Balaban J connectivity index is 1.63. The molecule has 0 bridgehead atoms. The van der Waals surface area contributed by atoms with E-state index in [-0.39, 0.29) is 24.0 Å². The van der Waals surface area contributed by atoms with Gasteiger partial charge in [0, 0.05) is 55.4 Å². The van der Waals surface area contributed by atoms with Gasteiger partial charge in [0.05, 0.1) is 17.5 Å². The number of fused-ring (bicyclic) bond motifs is 4. The van der Waals surface area contributed by atoms with Gasteiger partial charge in [0.15, 0.2) is 0 Å². The molecular formula is C24H24N4O5. The molecule has 0 aliphatic carbocycles. The number of rotatable bonds is 6. The van der Waals surface area contributed by atoms with E-state index in [2.05, 4.69) is 4.98 Å². The number of nitrogens with one attached hydrogen (secondary N) is 1. The first-order valence-electron chi connectivity index (χ1n) is 10.9. The van der Waals surface area contributed by atoms with Crippen LogP contribution in [0.2, 0.25) is 0 Å². The number of nitrogens with zero attached hydrogens (tertiary/aromatic N) is 3. The zero-order valence-corrected chi connectivity index (χ0v) is 18.2. The summed E-state index contributed by atoms with van der Waals surface area (Å²) < 4.78 is 5.10. The number of H-pyrrole nitrogens is 1. The molecule has 3 aromatic rings. The maximum atomic E-state index is 13.5. The number of carbonyl (C=O) groups is 2. The first kappa shape index (κ1) is 21.1. The van der Waals surface area contributed by atoms with Crippen molar-refractivity contribution in [2.24, 2.45) is 0 Å². The molecule has 0 spiro atoms. The van der Waals surface area contributed by atoms with Crippen LogP contribution in [0.25, 0.3) is 10.9 Å². The van der Waals surface area contributed by atoms with Crippen LogP contribution in [0.15, 0.2) is 48.5 Å². The first-order valence-corrected chi connectivity index (χ1v) is 10.9. The molecule has 5 rings (SSSR count). The number of aromatic amines is 1. The van der Waals surface area contributed by atoms with Gasteiger partial charge in [-0.05, 0) is 23.6 Å². The number of nitro benzene ring substituents is 1. The van der Waals surface area contributed by atoms with Crippen LogP contribution in [-0.4, -0.2) is 64.4 Å². The third-order valence-corrected chi connectivity index (χ3v) is 6.52. The van der Waals surface area contributed by atoms with Crippen molar-refractivity contribution in [3.05, 3.63) is 75.5 Å². The fourth-order valence-electron chi connectivity index (χ4n) is 5.07. The fourth-order valence-corrected chi connectivity index (χ4v) is 5.07. The smallest absolute Gasteiger partial charge is 0.269 e. The number of non-ortho nitro benzene ring substituents is 1. The van der Waals surface area contributed by atoms with Crippen molar-refractivity contribution in [2.45, 2.75) is 24.9 Å². The van der Waals surface area contributed by atoms with Crippen molar-refractivity contribution in [3.8, 4) is 0 Å². The summed E-state index contributed by atoms with van der Waals surface area (Å²) in [7, 11) is 1.61. The van der Waals surface area contributed by atoms with E-state index in [0.717, 1.165) is 22.2 Å². The molecule has 170 valence electrons. The number of benzene rings is 2. The molecule has 0 unspecified atom stereocenters. The van der Waals surface area contributed by atoms with Gasteiger partial charge in [-0.3, -0.25) is 19.7 Å². The van der Waals surface area contributed by atoms with Crippen molar-refractivity contribution in [3.63, 3.8) is 0 Å². The number of ether oxygens (including phenoxy) is 1. The van der Waals surface area contributed by atoms with E-state index >= 15 is 0 Å². The molecule has 2 amide bonds. The van der Waals surface area contributed by atoms with Gasteiger partial charge < -0.3 is 19.5 Å². The number of piperazine rings is 1. The van der Waals surface area contributed by atoms with Gasteiger partial charge in [0.1, 0.15) is 6.04 Å². The summed E-state index contributed by atoms with van der Waals surface area (Å²) >= 11 is 0. The van der Waals surface area contributed by atoms with Crippen LogP contribution in [0.3, 0.4) is 0 Å². The van der Waals surface area contributed by atoms with Gasteiger partial charge in [0.25, 0.3) is 5.69 Å². The van der Waals surface area contributed by atoms with Crippen LogP contribution in [0.1, 0.15) is 29.3 Å². The standard InChI is InChI=1S/C24H24N4O5/c1-33-11-5-10-26-14-21(29)27-20(24(26)30)13-18-17-8-2-3-9-19(17)25-22(18)23(27)15-6-4-7-16(12-15)28(31)32/h2-4,6-9,12,20,23,25H,5,10-11,13-14H2,1H3/t20-,23-/m1/s1. The van der Waals surface area contributed by atoms with Crippen molar-refractivity contribution in [1.82, 2.24) is 14.8 Å². The van der Waals surface area contributed by atoms with Crippen LogP contribution in [0.4, 0.5) is 5.69 Å². The summed E-state index contributed by atoms with van der Waals surface area (Å²) in [6, 6.07) is 12.9. The van der Waals surface area contributed by atoms with E-state index in [1.54, 1.807) is 29.0 Å². The third-order valence-electron chi connectivity index (χ3n) is 6.52. The van der Waals surface area contributed by atoms with Crippen LogP contribution < -0.4 is 0 Å². The zero-order valence-electron chi connectivity index (χ0n) is 18.2. The van der Waals surface area contributed by atoms with Crippen molar-refractivity contribution < 1.29 is 19.2 Å². The molecule has 0 radical (unpaired) electrons. The van der Waals surface area contributed by atoms with Gasteiger partial charge in [-0.25, -0.2) is 0 Å². The average molecular weight is 448 g/mol. The Morgan fingerprint density at radius 3 is 2.79 bits per heavy atom. The number of para-hydroxylation sites is 1. The summed E-state index contributed by atoms with van der Waals surface area (Å²) in [5.74, 6) is -0.269. The van der Waals surface area contributed by atoms with Gasteiger partial charge in [-0.2, -0.15) is 0 Å². The molecule has 3 heterocycles. The molecule has 2 aliphatic rings. The topological polar surface area (TPSA) is 109 Å². The molecule has 2 aliphatic heterocycles. The van der Waals surface area contributed by atoms with Gasteiger partial charge in [-0.15, -0.1) is 0 Å². The minimum Gasteiger partial charge on any atom is -0.385 e. The summed E-state index contributed by atoms with van der Waals surface area (Å²) in [4.78, 5) is 44.5. The summed E-state index contributed by atoms with van der Waals surface area (Å²) in [5.41, 5.74) is 3.25. The highest BCUT2D eigenvalue weighted by atomic mass is 16.6. The van der Waals surface area contributed by atoms with Crippen LogP contribution in [0, 0.1) is 10.1 Å². The summed E-state index contributed by atoms with van der Waals surface area (Å²) in [5, 5.41) is 12.4. The number of carbonyl (C=O) groups excluding carboxylic acids is 2. The molecule has 2 aromatic carbocycles. The minimum atomic E-state index is -0.662. The Labute approximate surface area is 190 Å². The van der Waals surface area contributed by atoms with E-state index in [1.165, 1.54) is 12.1 Å². The summed E-state index contributed by atoms with van der Waals surface area (Å²) in [6.07, 6.45) is 1.05. The third kappa shape index (κ3) is 3.54. The van der Waals surface area contributed by atoms with Crippen molar-refractivity contribution >= 4 is 28.4 Å². The zero-order chi connectivity index (χ0) is 23.1. The Bertz CT molecular complexity index is 1250. The lowest BCUT2D eigenvalue weighted by Gasteiger charge is -2.47. The molecule has 9 heteroatoms. The van der Waals surface area contributed by atoms with Gasteiger partial charge in [0.2, 0.25) is 11.8 Å². The monoisotopic (exact) mass is 448 g/mol. The van der Waals surface area contributed by atoms with Gasteiger partial charge >= 0.3 is 0 Å². The highest BCUT2D eigenvalue weighted by Gasteiger charge is 2.48. The second kappa shape index (κ2) is 8.32. The van der Waals surface area contributed by atoms with E-state index in [4.69, 9.17) is 4.74 Å². The Kier molecular flexibility index (Phi) is 5.33. The predicted molar refractivity (Wildman–Crippen MR) is 121 cm³/mol. The maximum Gasteiger partial charge on any atom is 0.269 e. The normalized spacial score (nSPS) is 20.2. The second-order valence-electron chi connectivity index (χ2n) is 8.44. The van der Waals surface area contributed by atoms with Crippen LogP contribution >= 0.6 is 0 Å². The molecule has 1 saturated heterocycles. The average Bonchev–Trinajstić information content (AvgIpc) is 3.19. The number of aromatic nitrogens is 1. The lowest BCUT2D eigenvalue weighted by molar-refractivity contribution is -0.384. The van der Waals surface area contributed by atoms with Crippen LogP contribution in [-0.2, 0) is 20.7 Å². The highest BCUT2D eigenvalue weighted by Crippen LogP contribution is 2.43. The maximum absolute atomic E-state index is 13.5. The number of hydrogen-bond acceptors (Lipinski definition) is 5. The molecular weight excluding hydrogens is 424 g/mol. The molecule has 1 aromatic heterocycles. The number of nitro groups is 1. The molecule has 9 nitrogen and oxygen atoms in total. The van der Waals surface area contributed by atoms with Crippen LogP contribution in [0.5, 0.6) is 0 Å². The molecule has 0 saturated carbocycles. The number of hydrogen-bond donors (Lipinski definition) is 1. The first-order chi connectivity index (χ1) is 16.0. The predicted octanol–water partition coefficient (Wildman–Crippen LogP) is 2.80. The quantitative estimate of drug-likeness (QED) is 0.354. The van der Waals surface area contributed by atoms with E-state index < -0.39 is 17.0 Å². The van der Waals surface area contributed by atoms with E-state index in [9.17, 15) is 19.7 Å². The Morgan fingerprint density at radius 1 is 1.18 bits per heavy atom. The Hall–Kier alpha value is -3.72. The highest BCUT2D eigenvalue weighted by molar-refractivity contribution is 5.97. The number of amides is 2. The van der Waals surface area contributed by atoms with Crippen molar-refractivity contribution in [1.29, 1.82) is 0 Å². The van der Waals surface area contributed by atoms with E-state index in [1.807, 2.05) is 24.3 Å². The second-order valence-corrected chi connectivity index (χ2v) is 8.44. The van der Waals surface area contributed by atoms with Gasteiger partial charge in [-0.1, -0.05) is 30.3 Å². The lowest BCUT2D eigenvalue weighted by atomic mass is 9.86. The van der Waals surface area contributed by atoms with E-state index in [0.29, 0.717) is 31.6 Å². The SMILES string of the molecule is COCCCN1CC(=O)N2[C@H](c3cccc([N+](=O)[O-])c3)c3[nH]c4ccccc4c3C[C@@H]2C1=O. The largest absolute Gasteiger partial charge is 0.385 e. The summed E-state index contributed by atoms with van der Waals surface area (Å²) in [6.45, 7) is 0.945. The molecule has 33 heavy (non-hydrogen) atoms. The molecule has 1 N–H and O–H groups in total. The Morgan fingerprint density at radius 2 is 2.00 bits per heavy atom. The molecule has 1 fully saturated rings. The minimum absolute atomic E-state index is 0.0139.